The van der Waals surface area contributed by atoms with Crippen LogP contribution in [-0.2, 0) is 6.54 Å². The van der Waals surface area contributed by atoms with Gasteiger partial charge in [-0.1, -0.05) is 12.1 Å². The zero-order valence-corrected chi connectivity index (χ0v) is 19.5. The summed E-state index contributed by atoms with van der Waals surface area (Å²) < 4.78 is 5.32. The molecule has 8 heteroatoms. The summed E-state index contributed by atoms with van der Waals surface area (Å²) in [5.41, 5.74) is 2.37. The Morgan fingerprint density at radius 1 is 1.30 bits per heavy atom. The molecule has 2 aromatic rings. The van der Waals surface area contributed by atoms with Crippen LogP contribution in [-0.4, -0.2) is 64.2 Å². The summed E-state index contributed by atoms with van der Waals surface area (Å²) in [6, 6.07) is 8.87. The van der Waals surface area contributed by atoms with Crippen LogP contribution in [0.4, 0.5) is 5.13 Å². The van der Waals surface area contributed by atoms with Crippen molar-refractivity contribution in [3.8, 4) is 5.75 Å². The van der Waals surface area contributed by atoms with Crippen molar-refractivity contribution in [3.63, 3.8) is 0 Å². The smallest absolute Gasteiger partial charge is 0.191 e. The van der Waals surface area contributed by atoms with Crippen LogP contribution in [0.5, 0.6) is 5.75 Å². The van der Waals surface area contributed by atoms with Crippen LogP contribution in [0.15, 0.2) is 34.6 Å². The Labute approximate surface area is 184 Å². The van der Waals surface area contributed by atoms with E-state index >= 15 is 0 Å². The normalized spacial score (nSPS) is 20.1. The van der Waals surface area contributed by atoms with Crippen LogP contribution < -0.4 is 20.3 Å². The largest absolute Gasteiger partial charge is 0.497 e. The maximum Gasteiger partial charge on any atom is 0.191 e. The number of rotatable bonds is 7. The summed E-state index contributed by atoms with van der Waals surface area (Å²) in [5, 5.41) is 10.0. The van der Waals surface area contributed by atoms with Gasteiger partial charge in [0.25, 0.3) is 0 Å². The lowest BCUT2D eigenvalue weighted by atomic mass is 9.85. The second kappa shape index (κ2) is 10.6. The van der Waals surface area contributed by atoms with Gasteiger partial charge in [-0.15, -0.1) is 11.3 Å². The van der Waals surface area contributed by atoms with Crippen LogP contribution in [0.25, 0.3) is 0 Å². The van der Waals surface area contributed by atoms with Gasteiger partial charge in [0.05, 0.1) is 19.3 Å². The number of likely N-dealkylation sites (tertiary alicyclic amines) is 1. The first-order valence-corrected chi connectivity index (χ1v) is 11.3. The molecule has 2 N–H and O–H groups in total. The number of nitrogens with zero attached hydrogens (tertiary/aromatic N) is 4. The Hall–Kier alpha value is -2.32. The Morgan fingerprint density at radius 2 is 2.07 bits per heavy atom. The highest BCUT2D eigenvalue weighted by molar-refractivity contribution is 7.13. The van der Waals surface area contributed by atoms with Gasteiger partial charge in [-0.25, -0.2) is 4.98 Å². The van der Waals surface area contributed by atoms with Gasteiger partial charge in [-0.3, -0.25) is 9.89 Å². The highest BCUT2D eigenvalue weighted by atomic mass is 32.1. The summed E-state index contributed by atoms with van der Waals surface area (Å²) in [5.74, 6) is 2.22. The fourth-order valence-corrected chi connectivity index (χ4v) is 4.76. The molecule has 1 aliphatic rings. The third-order valence-corrected chi connectivity index (χ3v) is 6.64. The maximum atomic E-state index is 5.32. The van der Waals surface area contributed by atoms with Gasteiger partial charge in [0, 0.05) is 39.1 Å². The Balaban J connectivity index is 1.59. The van der Waals surface area contributed by atoms with E-state index in [1.807, 2.05) is 26.0 Å². The lowest BCUT2D eigenvalue weighted by Crippen LogP contribution is -2.44. The number of methoxy groups -OCH3 is 1. The first-order chi connectivity index (χ1) is 14.5. The fraction of sp³-hybridized carbons (Fsp3) is 0.545. The summed E-state index contributed by atoms with van der Waals surface area (Å²) >= 11 is 1.65. The minimum Gasteiger partial charge on any atom is -0.497 e. The molecule has 1 aromatic heterocycles. The van der Waals surface area contributed by atoms with E-state index in [-0.39, 0.29) is 0 Å². The van der Waals surface area contributed by atoms with Gasteiger partial charge in [0.1, 0.15) is 5.75 Å². The molecule has 2 heterocycles. The van der Waals surface area contributed by atoms with Gasteiger partial charge in [-0.2, -0.15) is 0 Å². The average molecular weight is 431 g/mol. The number of thiazole rings is 1. The molecule has 2 atom stereocenters. The molecular weight excluding hydrogens is 396 g/mol. The topological polar surface area (TPSA) is 65.0 Å². The first-order valence-electron chi connectivity index (χ1n) is 10.4. The molecule has 3 rings (SSSR count). The number of hydrogen-bond acceptors (Lipinski definition) is 6. The number of nitrogens with one attached hydrogen (secondary N) is 2. The van der Waals surface area contributed by atoms with Crippen molar-refractivity contribution in [2.45, 2.75) is 25.4 Å². The van der Waals surface area contributed by atoms with Crippen LogP contribution in [0.2, 0.25) is 0 Å². The first kappa shape index (κ1) is 22.4. The number of aromatic nitrogens is 1. The third-order valence-electron chi connectivity index (χ3n) is 5.58. The lowest BCUT2D eigenvalue weighted by Gasteiger charge is -2.40. The van der Waals surface area contributed by atoms with Crippen molar-refractivity contribution < 1.29 is 4.74 Å². The highest BCUT2D eigenvalue weighted by Gasteiger charge is 2.30. The van der Waals surface area contributed by atoms with E-state index in [4.69, 9.17) is 4.74 Å². The van der Waals surface area contributed by atoms with Gasteiger partial charge < -0.3 is 20.3 Å². The van der Waals surface area contributed by atoms with Gasteiger partial charge in [0.2, 0.25) is 0 Å². The number of aliphatic imine (C=N–C) groups is 1. The van der Waals surface area contributed by atoms with E-state index < -0.39 is 0 Å². The monoisotopic (exact) mass is 430 g/mol. The van der Waals surface area contributed by atoms with Crippen molar-refractivity contribution in [1.82, 2.24) is 20.5 Å². The number of benzene rings is 1. The van der Waals surface area contributed by atoms with Crippen LogP contribution in [0, 0.1) is 5.92 Å². The molecule has 164 valence electrons. The van der Waals surface area contributed by atoms with Crippen LogP contribution >= 0.6 is 11.3 Å². The Bertz CT molecular complexity index is 819. The quantitative estimate of drug-likeness (QED) is 0.520. The SMILES string of the molecule is CN=C(NCc1csc(N(C)C)n1)NCC1CCCN(C)C1c1ccc(OC)cc1. The van der Waals surface area contributed by atoms with Gasteiger partial charge >= 0.3 is 0 Å². The van der Waals surface area contributed by atoms with Crippen molar-refractivity contribution in [1.29, 1.82) is 0 Å². The molecule has 0 saturated carbocycles. The fourth-order valence-electron chi connectivity index (χ4n) is 4.01. The summed E-state index contributed by atoms with van der Waals surface area (Å²) in [4.78, 5) is 13.5. The minimum absolute atomic E-state index is 0.386. The molecule has 0 amide bonds. The molecule has 0 aliphatic carbocycles. The molecule has 1 aromatic carbocycles. The van der Waals surface area contributed by atoms with Crippen molar-refractivity contribution >= 4 is 22.4 Å². The highest BCUT2D eigenvalue weighted by Crippen LogP contribution is 2.35. The molecule has 7 nitrogen and oxygen atoms in total. The summed E-state index contributed by atoms with van der Waals surface area (Å²) in [6.07, 6.45) is 2.41. The molecule has 0 radical (unpaired) electrons. The molecule has 30 heavy (non-hydrogen) atoms. The van der Waals surface area contributed by atoms with Crippen LogP contribution in [0.1, 0.15) is 30.1 Å². The van der Waals surface area contributed by atoms with E-state index in [1.165, 1.54) is 18.4 Å². The molecule has 1 aliphatic heterocycles. The number of ether oxygens (including phenoxy) is 1. The molecule has 0 spiro atoms. The van der Waals surface area contributed by atoms with E-state index in [0.717, 1.165) is 35.6 Å². The maximum absolute atomic E-state index is 5.32. The molecule has 1 fully saturated rings. The van der Waals surface area contributed by atoms with E-state index in [2.05, 4.69) is 62.2 Å². The molecule has 2 unspecified atom stereocenters. The average Bonchev–Trinajstić information content (AvgIpc) is 3.23. The number of guanidine groups is 1. The zero-order valence-electron chi connectivity index (χ0n) is 18.7. The standard InChI is InChI=1S/C22H34N6OS/c1-23-21(25-14-18-15-30-22(26-18)27(2)3)24-13-17-7-6-12-28(4)20(17)16-8-10-19(29-5)11-9-16/h8-11,15,17,20H,6-7,12-14H2,1-5H3,(H2,23,24,25). The van der Waals surface area contributed by atoms with E-state index in [9.17, 15) is 0 Å². The van der Waals surface area contributed by atoms with E-state index in [0.29, 0.717) is 18.5 Å². The predicted octanol–water partition coefficient (Wildman–Crippen LogP) is 2.97. The van der Waals surface area contributed by atoms with Gasteiger partial charge in [0.15, 0.2) is 11.1 Å². The number of hydrogen-bond donors (Lipinski definition) is 2. The number of anilines is 1. The van der Waals surface area contributed by atoms with E-state index in [1.54, 1.807) is 18.4 Å². The molecule has 0 bridgehead atoms. The van der Waals surface area contributed by atoms with Crippen LogP contribution in [0.3, 0.4) is 0 Å². The van der Waals surface area contributed by atoms with Crippen molar-refractivity contribution in [3.05, 3.63) is 40.9 Å². The summed E-state index contributed by atoms with van der Waals surface area (Å²) in [7, 11) is 9.77. The molecule has 1 saturated heterocycles. The second-order valence-electron chi connectivity index (χ2n) is 7.92. The van der Waals surface area contributed by atoms with Crippen molar-refractivity contribution in [2.24, 2.45) is 10.9 Å². The Kier molecular flexibility index (Phi) is 7.93. The Morgan fingerprint density at radius 3 is 2.70 bits per heavy atom. The van der Waals surface area contributed by atoms with Crippen molar-refractivity contribution in [2.75, 3.05) is 53.3 Å². The molecular formula is C22H34N6OS. The second-order valence-corrected chi connectivity index (χ2v) is 8.76. The number of piperidine rings is 1. The lowest BCUT2D eigenvalue weighted by molar-refractivity contribution is 0.122. The zero-order chi connectivity index (χ0) is 21.5. The minimum atomic E-state index is 0.386. The van der Waals surface area contributed by atoms with Gasteiger partial charge in [-0.05, 0) is 50.0 Å². The summed E-state index contributed by atoms with van der Waals surface area (Å²) in [6.45, 7) is 2.66. The third kappa shape index (κ3) is 5.64. The predicted molar refractivity (Wildman–Crippen MR) is 126 cm³/mol.